The molecule has 0 saturated heterocycles. The molecule has 1 atom stereocenters. The first-order chi connectivity index (χ1) is 9.60. The van der Waals surface area contributed by atoms with Crippen LogP contribution in [0, 0.1) is 16.4 Å². The van der Waals surface area contributed by atoms with Crippen LogP contribution in [-0.2, 0) is 19.4 Å². The Labute approximate surface area is 138 Å². The Bertz CT molecular complexity index is 717. The molecule has 1 aliphatic carbocycles. The van der Waals surface area contributed by atoms with Crippen molar-refractivity contribution in [3.8, 4) is 0 Å². The van der Waals surface area contributed by atoms with Gasteiger partial charge in [0.1, 0.15) is 11.6 Å². The van der Waals surface area contributed by atoms with Crippen molar-refractivity contribution in [3.63, 3.8) is 0 Å². The summed E-state index contributed by atoms with van der Waals surface area (Å²) in [4.78, 5) is 2.98. The molecular weight excluding hydrogens is 332 g/mol. The Morgan fingerprint density at radius 3 is 2.77 bits per heavy atom. The third kappa shape index (κ3) is 3.22. The van der Waals surface area contributed by atoms with Crippen LogP contribution < -0.4 is 5.73 Å². The minimum absolute atomic E-state index is 0. The summed E-state index contributed by atoms with van der Waals surface area (Å²) in [5.41, 5.74) is 7.97. The van der Waals surface area contributed by atoms with Crippen LogP contribution in [0.2, 0.25) is 0 Å². The van der Waals surface area contributed by atoms with Crippen LogP contribution in [0.15, 0.2) is 18.3 Å². The van der Waals surface area contributed by atoms with Crippen LogP contribution in [0.4, 0.5) is 8.78 Å². The van der Waals surface area contributed by atoms with E-state index < -0.39 is 11.6 Å². The Balaban J connectivity index is 0.00000121. The van der Waals surface area contributed by atoms with Crippen molar-refractivity contribution >= 4 is 24.6 Å². The van der Waals surface area contributed by atoms with Gasteiger partial charge in [-0.3, -0.25) is 0 Å². The molecule has 0 bridgehead atoms. The predicted octanol–water partition coefficient (Wildman–Crippen LogP) is 2.61. The number of H-pyrrole nitrogens is 1. The molecule has 0 radical (unpaired) electrons. The second kappa shape index (κ2) is 7.32. The van der Waals surface area contributed by atoms with Crippen molar-refractivity contribution in [1.29, 1.82) is 0 Å². The van der Waals surface area contributed by atoms with Gasteiger partial charge >= 0.3 is 0 Å². The number of benzene rings is 1. The quantitative estimate of drug-likeness (QED) is 0.817. The Morgan fingerprint density at radius 1 is 1.36 bits per heavy atom. The lowest BCUT2D eigenvalue weighted by Crippen LogP contribution is -2.22. The van der Waals surface area contributed by atoms with Crippen LogP contribution >= 0.6 is 24.6 Å². The summed E-state index contributed by atoms with van der Waals surface area (Å²) in [7, 11) is 0. The summed E-state index contributed by atoms with van der Waals surface area (Å²) in [5.74, 6) is -0.978. The van der Waals surface area contributed by atoms with Gasteiger partial charge in [-0.25, -0.2) is 8.78 Å². The highest BCUT2D eigenvalue weighted by Gasteiger charge is 2.24. The van der Waals surface area contributed by atoms with Crippen LogP contribution in [0.3, 0.4) is 0 Å². The number of hydrogen-bond donors (Lipinski definition) is 2. The Hall–Kier alpha value is -1.28. The number of nitrogens with two attached hydrogens (primary N) is 1. The van der Waals surface area contributed by atoms with E-state index in [9.17, 15) is 8.78 Å². The molecule has 0 aliphatic heterocycles. The number of aromatic amines is 1. The molecule has 0 saturated carbocycles. The lowest BCUT2D eigenvalue weighted by Gasteiger charge is -2.27. The smallest absolute Gasteiger partial charge is 0.177 e. The van der Waals surface area contributed by atoms with E-state index in [0.29, 0.717) is 29.7 Å². The molecule has 3 rings (SSSR count). The molecule has 0 amide bonds. The van der Waals surface area contributed by atoms with E-state index in [1.165, 1.54) is 6.07 Å². The topological polar surface area (TPSA) is 78.2 Å². The monoisotopic (exact) mass is 349 g/mol. The number of rotatable bonds is 2. The van der Waals surface area contributed by atoms with E-state index in [-0.39, 0.29) is 23.9 Å². The molecule has 5 N–H and O–H groups in total. The van der Waals surface area contributed by atoms with Gasteiger partial charge in [-0.15, -0.1) is 12.4 Å². The molecule has 0 spiro atoms. The highest BCUT2D eigenvalue weighted by Crippen LogP contribution is 2.32. The molecule has 4 nitrogen and oxygen atoms in total. The summed E-state index contributed by atoms with van der Waals surface area (Å²) in [6, 6.07) is 2.47. The van der Waals surface area contributed by atoms with Gasteiger partial charge in [-0.2, -0.15) is 0 Å². The number of nitrogens with zero attached hydrogens (tertiary/aromatic N) is 1. The third-order valence-electron chi connectivity index (χ3n) is 3.90. The number of fused-ring (bicyclic) bond motifs is 1. The number of halogens is 3. The maximum absolute atomic E-state index is 13.7. The molecule has 1 aromatic heterocycles. The highest BCUT2D eigenvalue weighted by molar-refractivity contribution is 7.71. The average molecular weight is 350 g/mol. The zero-order valence-electron chi connectivity index (χ0n) is 11.7. The van der Waals surface area contributed by atoms with E-state index in [1.54, 1.807) is 6.20 Å². The number of aromatic nitrogens is 2. The minimum atomic E-state index is -0.529. The van der Waals surface area contributed by atoms with Crippen LogP contribution in [0.1, 0.15) is 29.3 Å². The second-order valence-corrected chi connectivity index (χ2v) is 5.47. The van der Waals surface area contributed by atoms with E-state index in [4.69, 9.17) is 18.0 Å². The van der Waals surface area contributed by atoms with Gasteiger partial charge in [0.2, 0.25) is 0 Å². The van der Waals surface area contributed by atoms with Gasteiger partial charge in [0.05, 0.1) is 5.69 Å². The lowest BCUT2D eigenvalue weighted by molar-refractivity contribution is 0.416. The van der Waals surface area contributed by atoms with Crippen LogP contribution in [0.5, 0.6) is 0 Å². The molecule has 2 aromatic rings. The largest absolute Gasteiger partial charge is 0.412 e. The molecule has 1 aromatic carbocycles. The minimum Gasteiger partial charge on any atom is -0.412 e. The molecule has 0 fully saturated rings. The van der Waals surface area contributed by atoms with Crippen LogP contribution in [0.25, 0.3) is 0 Å². The highest BCUT2D eigenvalue weighted by atomic mass is 35.5. The summed E-state index contributed by atoms with van der Waals surface area (Å²) in [6.07, 6.45) is 3.73. The molecule has 22 heavy (non-hydrogen) atoms. The molecule has 1 aliphatic rings. The average Bonchev–Trinajstić information content (AvgIpc) is 2.78. The number of imidazole rings is 1. The van der Waals surface area contributed by atoms with E-state index in [0.717, 1.165) is 23.7 Å². The first-order valence-corrected chi connectivity index (χ1v) is 6.96. The van der Waals surface area contributed by atoms with Crippen molar-refractivity contribution in [2.75, 3.05) is 0 Å². The molecule has 1 heterocycles. The third-order valence-corrected chi connectivity index (χ3v) is 4.22. The summed E-state index contributed by atoms with van der Waals surface area (Å²) >= 11 is 5.27. The van der Waals surface area contributed by atoms with E-state index in [2.05, 4.69) is 4.98 Å². The normalized spacial score (nSPS) is 16.4. The molecule has 122 valence electrons. The first-order valence-electron chi connectivity index (χ1n) is 6.55. The fraction of sp³-hybridized carbons (Fsp3) is 0.357. The SMILES string of the molecule is Cl.NCc1c[nH]c(=S)n1C1CCc2c(F)cc(F)cc2C1.O. The van der Waals surface area contributed by atoms with Crippen molar-refractivity contribution in [2.45, 2.75) is 31.8 Å². The summed E-state index contributed by atoms with van der Waals surface area (Å²) in [6.45, 7) is 0.383. The summed E-state index contributed by atoms with van der Waals surface area (Å²) < 4.78 is 29.7. The molecule has 1 unspecified atom stereocenters. The fourth-order valence-corrected chi connectivity index (χ4v) is 3.30. The molecular formula is C14H18ClF2N3OS. The van der Waals surface area contributed by atoms with Gasteiger partial charge in [-0.05, 0) is 48.7 Å². The van der Waals surface area contributed by atoms with Crippen molar-refractivity contribution in [1.82, 2.24) is 9.55 Å². The van der Waals surface area contributed by atoms with Gasteiger partial charge in [0.25, 0.3) is 0 Å². The number of hydrogen-bond acceptors (Lipinski definition) is 2. The second-order valence-electron chi connectivity index (χ2n) is 5.08. The van der Waals surface area contributed by atoms with Gasteiger partial charge < -0.3 is 20.8 Å². The van der Waals surface area contributed by atoms with E-state index in [1.807, 2.05) is 4.57 Å². The first kappa shape index (κ1) is 18.8. The predicted molar refractivity (Wildman–Crippen MR) is 85.8 cm³/mol. The van der Waals surface area contributed by atoms with E-state index >= 15 is 0 Å². The summed E-state index contributed by atoms with van der Waals surface area (Å²) in [5, 5.41) is 0. The van der Waals surface area contributed by atoms with Crippen molar-refractivity contribution in [3.05, 3.63) is 51.6 Å². The van der Waals surface area contributed by atoms with Gasteiger partial charge in [-0.1, -0.05) is 0 Å². The lowest BCUT2D eigenvalue weighted by atomic mass is 9.87. The number of nitrogens with one attached hydrogen (secondary N) is 1. The zero-order valence-corrected chi connectivity index (χ0v) is 13.4. The Morgan fingerprint density at radius 2 is 2.09 bits per heavy atom. The van der Waals surface area contributed by atoms with Gasteiger partial charge in [0, 0.05) is 24.8 Å². The van der Waals surface area contributed by atoms with Gasteiger partial charge in [0.15, 0.2) is 4.77 Å². The Kier molecular flexibility index (Phi) is 6.25. The standard InChI is InChI=1S/C14H15F2N3S.ClH.H2O/c15-9-3-8-4-10(1-2-12(8)13(16)5-9)19-11(6-17)7-18-14(19)20;;/h3,5,7,10H,1-2,4,6,17H2,(H,18,20);1H;1H2. The maximum Gasteiger partial charge on any atom is 0.177 e. The maximum atomic E-state index is 13.7. The zero-order chi connectivity index (χ0) is 14.3. The fourth-order valence-electron chi connectivity index (χ4n) is 2.98. The molecule has 8 heteroatoms. The van der Waals surface area contributed by atoms with Crippen molar-refractivity contribution < 1.29 is 14.3 Å². The van der Waals surface area contributed by atoms with Crippen molar-refractivity contribution in [2.24, 2.45) is 5.73 Å². The van der Waals surface area contributed by atoms with Crippen LogP contribution in [-0.4, -0.2) is 15.0 Å².